The van der Waals surface area contributed by atoms with Gasteiger partial charge < -0.3 is 14.5 Å². The molecule has 0 radical (unpaired) electrons. The molecular formula is C21H24N6O2. The van der Waals surface area contributed by atoms with E-state index in [9.17, 15) is 4.79 Å². The van der Waals surface area contributed by atoms with Crippen molar-refractivity contribution in [1.29, 1.82) is 0 Å². The van der Waals surface area contributed by atoms with Crippen molar-refractivity contribution in [2.45, 2.75) is 31.8 Å². The molecule has 0 bridgehead atoms. The van der Waals surface area contributed by atoms with E-state index in [0.29, 0.717) is 24.5 Å². The van der Waals surface area contributed by atoms with Crippen LogP contribution in [0, 0.1) is 0 Å². The van der Waals surface area contributed by atoms with Crippen LogP contribution in [0.3, 0.4) is 0 Å². The largest absolute Gasteiger partial charge is 0.474 e. The van der Waals surface area contributed by atoms with Gasteiger partial charge in [0.1, 0.15) is 12.4 Å². The van der Waals surface area contributed by atoms with E-state index < -0.39 is 0 Å². The summed E-state index contributed by atoms with van der Waals surface area (Å²) in [6.45, 7) is 2.92. The van der Waals surface area contributed by atoms with E-state index in [4.69, 9.17) is 4.74 Å². The van der Waals surface area contributed by atoms with Crippen molar-refractivity contribution in [3.8, 4) is 5.88 Å². The minimum Gasteiger partial charge on any atom is -0.474 e. The SMILES string of the molecule is O=C(c1cn[nH]c1)N1CCN(c2ccc3ncnc(OC4CCCC4)c3c2)CC1. The van der Waals surface area contributed by atoms with Gasteiger partial charge in [0, 0.05) is 38.1 Å². The molecule has 1 amide bonds. The molecule has 2 fully saturated rings. The van der Waals surface area contributed by atoms with Gasteiger partial charge in [-0.2, -0.15) is 5.10 Å². The molecule has 8 nitrogen and oxygen atoms in total. The quantitative estimate of drug-likeness (QED) is 0.734. The van der Waals surface area contributed by atoms with Gasteiger partial charge in [0.15, 0.2) is 0 Å². The van der Waals surface area contributed by atoms with Crippen LogP contribution >= 0.6 is 0 Å². The first-order valence-corrected chi connectivity index (χ1v) is 10.2. The number of aromatic amines is 1. The average Bonchev–Trinajstić information content (AvgIpc) is 3.48. The van der Waals surface area contributed by atoms with Gasteiger partial charge in [-0.25, -0.2) is 9.97 Å². The molecule has 150 valence electrons. The lowest BCUT2D eigenvalue weighted by Crippen LogP contribution is -2.48. The summed E-state index contributed by atoms with van der Waals surface area (Å²) in [5.74, 6) is 0.704. The fraction of sp³-hybridized carbons (Fsp3) is 0.429. The highest BCUT2D eigenvalue weighted by atomic mass is 16.5. The van der Waals surface area contributed by atoms with Gasteiger partial charge in [0.2, 0.25) is 5.88 Å². The highest BCUT2D eigenvalue weighted by Crippen LogP contribution is 2.30. The van der Waals surface area contributed by atoms with E-state index in [1.54, 1.807) is 18.7 Å². The summed E-state index contributed by atoms with van der Waals surface area (Å²) in [6.07, 6.45) is 9.69. The fourth-order valence-electron chi connectivity index (χ4n) is 4.19. The van der Waals surface area contributed by atoms with Gasteiger partial charge in [-0.05, 0) is 43.9 Å². The van der Waals surface area contributed by atoms with E-state index in [2.05, 4.69) is 37.2 Å². The van der Waals surface area contributed by atoms with Crippen LogP contribution in [0.25, 0.3) is 10.9 Å². The molecule has 1 aliphatic heterocycles. The molecule has 0 atom stereocenters. The zero-order valence-corrected chi connectivity index (χ0v) is 16.3. The van der Waals surface area contributed by atoms with Gasteiger partial charge in [0.25, 0.3) is 5.91 Å². The predicted octanol–water partition coefficient (Wildman–Crippen LogP) is 2.64. The fourth-order valence-corrected chi connectivity index (χ4v) is 4.19. The van der Waals surface area contributed by atoms with Gasteiger partial charge in [-0.1, -0.05) is 0 Å². The molecule has 1 aromatic carbocycles. The van der Waals surface area contributed by atoms with Crippen LogP contribution < -0.4 is 9.64 Å². The number of carbonyl (C=O) groups excluding carboxylic acids is 1. The molecule has 3 aromatic rings. The maximum atomic E-state index is 12.5. The van der Waals surface area contributed by atoms with Crippen molar-refractivity contribution in [2.24, 2.45) is 0 Å². The number of carbonyl (C=O) groups is 1. The van der Waals surface area contributed by atoms with Crippen LogP contribution in [0.5, 0.6) is 5.88 Å². The Morgan fingerprint density at radius 1 is 1.10 bits per heavy atom. The Bertz CT molecular complexity index is 992. The first kappa shape index (κ1) is 17.9. The Balaban J connectivity index is 1.32. The summed E-state index contributed by atoms with van der Waals surface area (Å²) in [5, 5.41) is 7.52. The normalized spacial score (nSPS) is 17.8. The Hall–Kier alpha value is -3.16. The number of nitrogens with one attached hydrogen (secondary N) is 1. The number of rotatable bonds is 4. The number of anilines is 1. The van der Waals surface area contributed by atoms with Crippen molar-refractivity contribution in [2.75, 3.05) is 31.1 Å². The van der Waals surface area contributed by atoms with Gasteiger partial charge in [-0.3, -0.25) is 9.89 Å². The van der Waals surface area contributed by atoms with E-state index in [1.165, 1.54) is 12.8 Å². The van der Waals surface area contributed by atoms with Gasteiger partial charge in [-0.15, -0.1) is 0 Å². The summed E-state index contributed by atoms with van der Waals surface area (Å²) >= 11 is 0. The molecule has 2 aromatic heterocycles. The van der Waals surface area contributed by atoms with Crippen molar-refractivity contribution in [3.05, 3.63) is 42.5 Å². The third kappa shape index (κ3) is 3.62. The van der Waals surface area contributed by atoms with Crippen molar-refractivity contribution >= 4 is 22.5 Å². The second kappa shape index (κ2) is 7.69. The topological polar surface area (TPSA) is 87.2 Å². The van der Waals surface area contributed by atoms with Crippen LogP contribution in [0.1, 0.15) is 36.0 Å². The van der Waals surface area contributed by atoms with Crippen molar-refractivity contribution < 1.29 is 9.53 Å². The van der Waals surface area contributed by atoms with Crippen molar-refractivity contribution in [1.82, 2.24) is 25.1 Å². The maximum absolute atomic E-state index is 12.5. The number of amides is 1. The number of hydrogen-bond acceptors (Lipinski definition) is 6. The molecule has 1 aliphatic carbocycles. The molecule has 5 rings (SSSR count). The zero-order chi connectivity index (χ0) is 19.6. The number of piperazine rings is 1. The summed E-state index contributed by atoms with van der Waals surface area (Å²) < 4.78 is 6.19. The zero-order valence-electron chi connectivity index (χ0n) is 16.3. The van der Waals surface area contributed by atoms with Crippen LogP contribution in [0.4, 0.5) is 5.69 Å². The Kier molecular flexibility index (Phi) is 4.75. The minimum absolute atomic E-state index is 0.0255. The molecule has 1 N–H and O–H groups in total. The molecule has 2 aliphatic rings. The lowest BCUT2D eigenvalue weighted by atomic mass is 10.1. The van der Waals surface area contributed by atoms with Crippen LogP contribution in [0.15, 0.2) is 36.9 Å². The molecule has 3 heterocycles. The molecule has 29 heavy (non-hydrogen) atoms. The number of H-pyrrole nitrogens is 1. The van der Waals surface area contributed by atoms with Crippen LogP contribution in [-0.4, -0.2) is 63.3 Å². The van der Waals surface area contributed by atoms with Crippen molar-refractivity contribution in [3.63, 3.8) is 0 Å². The van der Waals surface area contributed by atoms with E-state index >= 15 is 0 Å². The van der Waals surface area contributed by atoms with E-state index in [0.717, 1.165) is 42.5 Å². The van der Waals surface area contributed by atoms with E-state index in [1.807, 2.05) is 11.0 Å². The third-order valence-corrected chi connectivity index (χ3v) is 5.84. The number of ether oxygens (including phenoxy) is 1. The highest BCUT2D eigenvalue weighted by Gasteiger charge is 2.24. The molecule has 1 saturated heterocycles. The summed E-state index contributed by atoms with van der Waals surface area (Å²) in [4.78, 5) is 25.5. The maximum Gasteiger partial charge on any atom is 0.257 e. The number of aromatic nitrogens is 4. The molecule has 1 saturated carbocycles. The predicted molar refractivity (Wildman–Crippen MR) is 109 cm³/mol. The highest BCUT2D eigenvalue weighted by molar-refractivity contribution is 5.94. The first-order chi connectivity index (χ1) is 14.3. The number of benzene rings is 1. The minimum atomic E-state index is 0.0255. The Labute approximate surface area is 168 Å². The lowest BCUT2D eigenvalue weighted by molar-refractivity contribution is 0.0747. The molecular weight excluding hydrogens is 368 g/mol. The van der Waals surface area contributed by atoms with E-state index in [-0.39, 0.29) is 12.0 Å². The van der Waals surface area contributed by atoms with Crippen LogP contribution in [0.2, 0.25) is 0 Å². The first-order valence-electron chi connectivity index (χ1n) is 10.2. The summed E-state index contributed by atoms with van der Waals surface area (Å²) in [6, 6.07) is 6.23. The smallest absolute Gasteiger partial charge is 0.257 e. The monoisotopic (exact) mass is 392 g/mol. The average molecular weight is 392 g/mol. The third-order valence-electron chi connectivity index (χ3n) is 5.84. The van der Waals surface area contributed by atoms with Crippen LogP contribution in [-0.2, 0) is 0 Å². The van der Waals surface area contributed by atoms with Gasteiger partial charge in [0.05, 0.1) is 22.7 Å². The summed E-state index contributed by atoms with van der Waals surface area (Å²) in [7, 11) is 0. The second-order valence-electron chi connectivity index (χ2n) is 7.67. The lowest BCUT2D eigenvalue weighted by Gasteiger charge is -2.36. The van der Waals surface area contributed by atoms with Gasteiger partial charge >= 0.3 is 0 Å². The Morgan fingerprint density at radius 3 is 2.69 bits per heavy atom. The number of hydrogen-bond donors (Lipinski definition) is 1. The Morgan fingerprint density at radius 2 is 1.93 bits per heavy atom. The second-order valence-corrected chi connectivity index (χ2v) is 7.67. The number of fused-ring (bicyclic) bond motifs is 1. The molecule has 8 heteroatoms. The molecule has 0 spiro atoms. The molecule has 0 unspecified atom stereocenters. The summed E-state index contributed by atoms with van der Waals surface area (Å²) in [5.41, 5.74) is 2.61. The standard InChI is InChI=1S/C21H24N6O2/c28-21(15-12-24-25-13-15)27-9-7-26(8-10-27)16-5-6-19-18(11-16)20(23-14-22-19)29-17-3-1-2-4-17/h5-6,11-14,17H,1-4,7-10H2,(H,24,25). The number of nitrogens with zero attached hydrogens (tertiary/aromatic N) is 5.